The van der Waals surface area contributed by atoms with E-state index in [1.54, 1.807) is 20.1 Å². The van der Waals surface area contributed by atoms with E-state index in [1.807, 2.05) is 31.2 Å². The minimum absolute atomic E-state index is 0.0950. The second-order valence-corrected chi connectivity index (χ2v) is 18.3. The maximum Gasteiger partial charge on any atom is 0.264 e. The number of methoxy groups -OCH3 is 1. The number of carbonyl (C=O) groups excluding carboxylic acids is 1. The molecule has 11 nitrogen and oxygen atoms in total. The van der Waals surface area contributed by atoms with Gasteiger partial charge in [0.1, 0.15) is 5.75 Å². The Labute approximate surface area is 330 Å². The standard InChI is InChI=1S/C42H55ClN2O9S/c1-29-6-4-8-38(53-21-20-52-19-18-51-17-16-50-15-14-49-3)39-33-24-42(39,25-33)27-45-26-41(13-5-7-31-22-34(43)10-11-35(31)41)28-54-37-12-9-32(23-36(37)45)40(46)44-55(47,48)30(29)2/h4,8-12,22-23,29-30,38H,5-7,13-21,24-28H2,1-3H3,(H,44,46)/b8-4+/t29-,30+,38-,41-/m0/s1. The SMILES string of the molecule is COCCOCCOCCOCCO[C@H]1/C=C/C[C@H](C)[C@@H](C)S(=O)(=O)NC(=O)c2ccc3c(c2)N(CC24CC(=C12)C4)C[C@@]1(CCCc2cc(Cl)ccc21)CO3. The van der Waals surface area contributed by atoms with Crippen molar-refractivity contribution in [3.8, 4) is 5.75 Å². The molecule has 2 aromatic carbocycles. The van der Waals surface area contributed by atoms with Crippen LogP contribution in [-0.4, -0.2) is 105 Å². The fourth-order valence-corrected chi connectivity index (χ4v) is 10.4. The molecule has 0 aromatic heterocycles. The van der Waals surface area contributed by atoms with E-state index in [0.717, 1.165) is 49.4 Å². The van der Waals surface area contributed by atoms with Crippen LogP contribution in [-0.2, 0) is 45.5 Å². The smallest absolute Gasteiger partial charge is 0.264 e. The topological polar surface area (TPSA) is 122 Å². The number of sulfonamides is 1. The highest BCUT2D eigenvalue weighted by atomic mass is 35.5. The van der Waals surface area contributed by atoms with Gasteiger partial charge in [-0.1, -0.05) is 42.3 Å². The maximum absolute atomic E-state index is 13.6. The zero-order valence-electron chi connectivity index (χ0n) is 32.3. The summed E-state index contributed by atoms with van der Waals surface area (Å²) in [5.74, 6) is -0.191. The van der Waals surface area contributed by atoms with Gasteiger partial charge in [0.05, 0.1) is 76.5 Å². The number of ether oxygens (including phenoxy) is 6. The summed E-state index contributed by atoms with van der Waals surface area (Å²) in [6, 6.07) is 11.5. The van der Waals surface area contributed by atoms with Crippen molar-refractivity contribution in [3.05, 3.63) is 81.4 Å². The minimum atomic E-state index is -3.96. The number of nitrogens with zero attached hydrogens (tertiary/aromatic N) is 1. The van der Waals surface area contributed by atoms with E-state index in [-0.39, 0.29) is 28.4 Å². The molecule has 55 heavy (non-hydrogen) atoms. The maximum atomic E-state index is 13.6. The van der Waals surface area contributed by atoms with Crippen molar-refractivity contribution in [2.45, 2.75) is 69.1 Å². The number of rotatable bonds is 13. The average Bonchev–Trinajstić information content (AvgIpc) is 3.28. The Bertz CT molecular complexity index is 1880. The van der Waals surface area contributed by atoms with Gasteiger partial charge in [0, 0.05) is 41.6 Å². The van der Waals surface area contributed by atoms with Crippen molar-refractivity contribution >= 4 is 33.2 Å². The van der Waals surface area contributed by atoms with Gasteiger partial charge >= 0.3 is 0 Å². The summed E-state index contributed by atoms with van der Waals surface area (Å²) in [7, 11) is -2.32. The fourth-order valence-electron chi connectivity index (χ4n) is 8.96. The lowest BCUT2D eigenvalue weighted by Gasteiger charge is -2.61. The quantitative estimate of drug-likeness (QED) is 0.190. The number of carbonyl (C=O) groups is 1. The molecule has 4 bridgehead atoms. The molecule has 2 spiro atoms. The molecule has 0 unspecified atom stereocenters. The molecule has 0 radical (unpaired) electrons. The number of fused-ring (bicyclic) bond motifs is 3. The van der Waals surface area contributed by atoms with Crippen molar-refractivity contribution < 1.29 is 41.6 Å². The molecule has 300 valence electrons. The van der Waals surface area contributed by atoms with Gasteiger partial charge in [-0.25, -0.2) is 13.1 Å². The van der Waals surface area contributed by atoms with Crippen molar-refractivity contribution in [1.82, 2.24) is 4.72 Å². The molecule has 1 fully saturated rings. The van der Waals surface area contributed by atoms with Crippen LogP contribution < -0.4 is 14.4 Å². The normalized spacial score (nSPS) is 27.2. The number of anilines is 1. The van der Waals surface area contributed by atoms with Gasteiger partial charge < -0.3 is 33.3 Å². The molecule has 2 aromatic rings. The molecule has 4 atom stereocenters. The molecule has 6 aliphatic rings. The predicted octanol–water partition coefficient (Wildman–Crippen LogP) is 6.03. The van der Waals surface area contributed by atoms with Crippen LogP contribution in [0.2, 0.25) is 5.02 Å². The molecule has 1 amide bonds. The monoisotopic (exact) mass is 798 g/mol. The van der Waals surface area contributed by atoms with Crippen LogP contribution in [0.5, 0.6) is 5.75 Å². The third-order valence-electron chi connectivity index (χ3n) is 12.2. The van der Waals surface area contributed by atoms with Crippen LogP contribution in [0.1, 0.15) is 67.4 Å². The summed E-state index contributed by atoms with van der Waals surface area (Å²) in [5, 5.41) is -0.0674. The first kappa shape index (κ1) is 40.2. The Morgan fingerprint density at radius 2 is 1.64 bits per heavy atom. The number of hydrogen-bond donors (Lipinski definition) is 1. The highest BCUT2D eigenvalue weighted by Crippen LogP contribution is 2.66. The summed E-state index contributed by atoms with van der Waals surface area (Å²) in [6.45, 7) is 9.32. The molecule has 1 N–H and O–H groups in total. The van der Waals surface area contributed by atoms with Crippen LogP contribution in [0.15, 0.2) is 59.7 Å². The highest BCUT2D eigenvalue weighted by molar-refractivity contribution is 7.90. The number of halogens is 1. The Morgan fingerprint density at radius 3 is 2.35 bits per heavy atom. The second kappa shape index (κ2) is 17.3. The molecule has 2 aliphatic heterocycles. The molecular weight excluding hydrogens is 744 g/mol. The van der Waals surface area contributed by atoms with Crippen LogP contribution in [0.3, 0.4) is 0 Å². The van der Waals surface area contributed by atoms with Gasteiger partial charge in [0.2, 0.25) is 10.0 Å². The van der Waals surface area contributed by atoms with Gasteiger partial charge in [-0.15, -0.1) is 0 Å². The van der Waals surface area contributed by atoms with Crippen molar-refractivity contribution in [1.29, 1.82) is 0 Å². The number of nitrogens with one attached hydrogen (secondary N) is 1. The zero-order valence-corrected chi connectivity index (χ0v) is 33.9. The zero-order chi connectivity index (χ0) is 38.6. The number of aryl methyl sites for hydroxylation is 1. The lowest BCUT2D eigenvalue weighted by Crippen LogP contribution is -2.58. The highest BCUT2D eigenvalue weighted by Gasteiger charge is 2.59. The molecule has 8 rings (SSSR count). The van der Waals surface area contributed by atoms with Crippen LogP contribution >= 0.6 is 11.6 Å². The Kier molecular flexibility index (Phi) is 12.6. The Morgan fingerprint density at radius 1 is 0.927 bits per heavy atom. The minimum Gasteiger partial charge on any atom is -0.490 e. The van der Waals surface area contributed by atoms with E-state index in [9.17, 15) is 13.2 Å². The second-order valence-electron chi connectivity index (χ2n) is 15.9. The average molecular weight is 799 g/mol. The van der Waals surface area contributed by atoms with Gasteiger partial charge in [-0.05, 0) is 98.4 Å². The molecule has 2 heterocycles. The van der Waals surface area contributed by atoms with E-state index >= 15 is 0 Å². The van der Waals surface area contributed by atoms with Crippen LogP contribution in [0, 0.1) is 11.3 Å². The van der Waals surface area contributed by atoms with E-state index in [2.05, 4.69) is 27.8 Å². The van der Waals surface area contributed by atoms with Crippen molar-refractivity contribution in [2.75, 3.05) is 84.6 Å². The summed E-state index contributed by atoms with van der Waals surface area (Å²) >= 11 is 6.48. The molecule has 13 heteroatoms. The van der Waals surface area contributed by atoms with Gasteiger partial charge in [-0.3, -0.25) is 4.79 Å². The fraction of sp³-hybridized carbons (Fsp3) is 0.595. The van der Waals surface area contributed by atoms with Crippen LogP contribution in [0.25, 0.3) is 0 Å². The Hall–Kier alpha value is -2.97. The molecule has 4 aliphatic carbocycles. The number of allylic oxidation sites excluding steroid dienone is 2. The van der Waals surface area contributed by atoms with Gasteiger partial charge in [0.15, 0.2) is 0 Å². The largest absolute Gasteiger partial charge is 0.490 e. The molecule has 1 saturated carbocycles. The number of hydrogen-bond acceptors (Lipinski definition) is 10. The van der Waals surface area contributed by atoms with E-state index in [0.29, 0.717) is 78.2 Å². The summed E-state index contributed by atoms with van der Waals surface area (Å²) < 4.78 is 64.5. The first-order valence-electron chi connectivity index (χ1n) is 19.6. The summed E-state index contributed by atoms with van der Waals surface area (Å²) in [5.41, 5.74) is 5.95. The lowest BCUT2D eigenvalue weighted by molar-refractivity contribution is -0.0168. The number of amides is 1. The lowest BCUT2D eigenvalue weighted by atomic mass is 9.46. The third-order valence-corrected chi connectivity index (χ3v) is 14.3. The number of benzene rings is 2. The van der Waals surface area contributed by atoms with Crippen molar-refractivity contribution in [3.63, 3.8) is 0 Å². The molecular formula is C42H55ClN2O9S. The first-order chi connectivity index (χ1) is 26.5. The third kappa shape index (κ3) is 8.66. The Balaban J connectivity index is 1.13. The first-order valence-corrected chi connectivity index (χ1v) is 21.6. The van der Waals surface area contributed by atoms with Crippen molar-refractivity contribution in [2.24, 2.45) is 11.3 Å². The van der Waals surface area contributed by atoms with Gasteiger partial charge in [0.25, 0.3) is 5.91 Å². The van der Waals surface area contributed by atoms with Gasteiger partial charge in [-0.2, -0.15) is 0 Å². The summed E-state index contributed by atoms with van der Waals surface area (Å²) in [4.78, 5) is 16.0. The summed E-state index contributed by atoms with van der Waals surface area (Å²) in [6.07, 6.45) is 9.32. The molecule has 0 saturated heterocycles. The van der Waals surface area contributed by atoms with E-state index in [4.69, 9.17) is 40.0 Å². The predicted molar refractivity (Wildman–Crippen MR) is 212 cm³/mol. The van der Waals surface area contributed by atoms with E-state index < -0.39 is 21.2 Å². The van der Waals surface area contributed by atoms with Crippen LogP contribution in [0.4, 0.5) is 5.69 Å². The van der Waals surface area contributed by atoms with E-state index in [1.165, 1.54) is 22.3 Å².